The summed E-state index contributed by atoms with van der Waals surface area (Å²) < 4.78 is 1.00. The van der Waals surface area contributed by atoms with Gasteiger partial charge in [-0.15, -0.1) is 0 Å². The Balaban J connectivity index is 2.23. The highest BCUT2D eigenvalue weighted by atomic mass is 79.9. The zero-order valence-electron chi connectivity index (χ0n) is 12.8. The topological polar surface area (TPSA) is 76.6 Å². The molecule has 0 saturated heterocycles. The monoisotopic (exact) mass is 376 g/mol. The molecule has 0 fully saturated rings. The van der Waals surface area contributed by atoms with E-state index in [1.807, 2.05) is 61.6 Å². The largest absolute Gasteiger partial charge is 0.351 e. The quantitative estimate of drug-likeness (QED) is 0.737. The van der Waals surface area contributed by atoms with Crippen molar-refractivity contribution in [2.75, 3.05) is 7.05 Å². The number of urea groups is 1. The number of carbonyl (C=O) groups excluding carboxylic acids is 2. The van der Waals surface area contributed by atoms with Crippen molar-refractivity contribution in [3.05, 3.63) is 70.2 Å². The van der Waals surface area contributed by atoms with Crippen LogP contribution >= 0.6 is 15.9 Å². The van der Waals surface area contributed by atoms with Gasteiger partial charge in [0.25, 0.3) is 5.91 Å². The van der Waals surface area contributed by atoms with Gasteiger partial charge in [0.1, 0.15) is 6.54 Å². The van der Waals surface area contributed by atoms with Crippen LogP contribution in [0, 0.1) is 0 Å². The number of amides is 3. The van der Waals surface area contributed by atoms with E-state index >= 15 is 0 Å². The van der Waals surface area contributed by atoms with E-state index in [4.69, 9.17) is 5.73 Å². The van der Waals surface area contributed by atoms with Gasteiger partial charge in [-0.1, -0.05) is 58.4 Å². The Bertz CT molecular complexity index is 674. The van der Waals surface area contributed by atoms with Gasteiger partial charge in [-0.2, -0.15) is 0 Å². The Labute approximate surface area is 143 Å². The fraction of sp³-hybridized carbons (Fsp3) is 0.176. The van der Waals surface area contributed by atoms with E-state index in [1.165, 1.54) is 0 Å². The number of quaternary nitrogens is 1. The van der Waals surface area contributed by atoms with Gasteiger partial charge in [-0.3, -0.25) is 10.1 Å². The van der Waals surface area contributed by atoms with E-state index in [-0.39, 0.29) is 0 Å². The molecule has 2 atom stereocenters. The minimum Gasteiger partial charge on any atom is -0.351 e. The SMILES string of the molecule is C[NH+](Cc1ccc(Br)cc1)[C@H](C(=O)NC(N)=O)c1ccccc1. The fourth-order valence-electron chi connectivity index (χ4n) is 2.53. The average molecular weight is 377 g/mol. The second kappa shape index (κ2) is 7.89. The first-order valence-corrected chi connectivity index (χ1v) is 7.98. The van der Waals surface area contributed by atoms with Crippen LogP contribution < -0.4 is 16.0 Å². The van der Waals surface area contributed by atoms with Crippen LogP contribution in [0.1, 0.15) is 17.2 Å². The Kier molecular flexibility index (Phi) is 5.90. The third-order valence-electron chi connectivity index (χ3n) is 3.53. The summed E-state index contributed by atoms with van der Waals surface area (Å²) >= 11 is 3.41. The van der Waals surface area contributed by atoms with Gasteiger partial charge in [0.05, 0.1) is 7.05 Å². The third-order valence-corrected chi connectivity index (χ3v) is 4.06. The second-order valence-electron chi connectivity index (χ2n) is 5.35. The first-order valence-electron chi connectivity index (χ1n) is 7.19. The highest BCUT2D eigenvalue weighted by molar-refractivity contribution is 9.10. The molecular formula is C17H19BrN3O2+. The molecule has 0 aromatic heterocycles. The molecule has 2 rings (SSSR count). The van der Waals surface area contributed by atoms with Crippen molar-refractivity contribution in [1.82, 2.24) is 5.32 Å². The van der Waals surface area contributed by atoms with Crippen LogP contribution in [0.4, 0.5) is 4.79 Å². The minimum absolute atomic E-state index is 0.404. The lowest BCUT2D eigenvalue weighted by molar-refractivity contribution is -0.916. The van der Waals surface area contributed by atoms with Gasteiger partial charge >= 0.3 is 6.03 Å². The van der Waals surface area contributed by atoms with Crippen molar-refractivity contribution >= 4 is 27.9 Å². The number of nitrogens with one attached hydrogen (secondary N) is 2. The first kappa shape index (κ1) is 17.2. The van der Waals surface area contributed by atoms with Crippen molar-refractivity contribution in [3.8, 4) is 0 Å². The van der Waals surface area contributed by atoms with E-state index in [1.54, 1.807) is 0 Å². The summed E-state index contributed by atoms with van der Waals surface area (Å²) in [5.41, 5.74) is 7.02. The van der Waals surface area contributed by atoms with E-state index in [0.29, 0.717) is 6.54 Å². The van der Waals surface area contributed by atoms with Gasteiger partial charge in [0.2, 0.25) is 0 Å². The Hall–Kier alpha value is -2.18. The maximum atomic E-state index is 12.4. The molecule has 0 bridgehead atoms. The van der Waals surface area contributed by atoms with Crippen molar-refractivity contribution in [1.29, 1.82) is 0 Å². The van der Waals surface area contributed by atoms with Crippen molar-refractivity contribution in [3.63, 3.8) is 0 Å². The Morgan fingerprint density at radius 2 is 1.74 bits per heavy atom. The summed E-state index contributed by atoms with van der Waals surface area (Å²) in [5.74, 6) is -0.404. The van der Waals surface area contributed by atoms with Gasteiger partial charge in [-0.05, 0) is 12.1 Å². The average Bonchev–Trinajstić information content (AvgIpc) is 2.50. The summed E-state index contributed by atoms with van der Waals surface area (Å²) in [6, 6.07) is 15.9. The number of benzene rings is 2. The molecule has 0 spiro atoms. The molecule has 5 nitrogen and oxygen atoms in total. The zero-order chi connectivity index (χ0) is 16.8. The molecular weight excluding hydrogens is 358 g/mol. The van der Waals surface area contributed by atoms with Gasteiger partial charge in [0.15, 0.2) is 6.04 Å². The number of nitrogens with two attached hydrogens (primary N) is 1. The van der Waals surface area contributed by atoms with Crippen molar-refractivity contribution in [2.24, 2.45) is 5.73 Å². The number of carbonyl (C=O) groups is 2. The molecule has 2 aromatic rings. The van der Waals surface area contributed by atoms with E-state index in [9.17, 15) is 9.59 Å². The molecule has 0 saturated carbocycles. The Morgan fingerprint density at radius 1 is 1.13 bits per heavy atom. The lowest BCUT2D eigenvalue weighted by Gasteiger charge is -2.24. The molecule has 4 N–H and O–H groups in total. The maximum absolute atomic E-state index is 12.4. The van der Waals surface area contributed by atoms with Crippen LogP contribution in [-0.2, 0) is 11.3 Å². The zero-order valence-corrected chi connectivity index (χ0v) is 14.3. The summed E-state index contributed by atoms with van der Waals surface area (Å²) in [4.78, 5) is 24.4. The first-order chi connectivity index (χ1) is 11.0. The Morgan fingerprint density at radius 3 is 2.30 bits per heavy atom. The van der Waals surface area contributed by atoms with E-state index in [0.717, 1.165) is 20.5 Å². The van der Waals surface area contributed by atoms with Crippen LogP contribution in [0.15, 0.2) is 59.1 Å². The molecule has 23 heavy (non-hydrogen) atoms. The number of likely N-dealkylation sites (N-methyl/N-ethyl adjacent to an activating group) is 1. The highest BCUT2D eigenvalue weighted by Gasteiger charge is 2.29. The minimum atomic E-state index is -0.840. The summed E-state index contributed by atoms with van der Waals surface area (Å²) in [7, 11) is 1.92. The number of halogens is 1. The molecule has 1 unspecified atom stereocenters. The van der Waals surface area contributed by atoms with E-state index in [2.05, 4.69) is 21.2 Å². The summed E-state index contributed by atoms with van der Waals surface area (Å²) in [6.45, 7) is 0.638. The van der Waals surface area contributed by atoms with Crippen LogP contribution in [-0.4, -0.2) is 19.0 Å². The molecule has 2 aromatic carbocycles. The lowest BCUT2D eigenvalue weighted by Crippen LogP contribution is -3.09. The van der Waals surface area contributed by atoms with Crippen LogP contribution in [0.2, 0.25) is 0 Å². The molecule has 120 valence electrons. The molecule has 0 aliphatic carbocycles. The summed E-state index contributed by atoms with van der Waals surface area (Å²) in [6.07, 6.45) is 0. The van der Waals surface area contributed by atoms with Gasteiger partial charge in [0, 0.05) is 15.6 Å². The number of primary amides is 1. The molecule has 0 heterocycles. The molecule has 0 aliphatic heterocycles. The standard InChI is InChI=1S/C17H18BrN3O2/c1-21(11-12-7-9-14(18)10-8-12)15(16(22)20-17(19)23)13-5-3-2-4-6-13/h2-10,15H,11H2,1H3,(H3,19,20,22,23)/p+1/t15-/m0/s1. The number of rotatable bonds is 5. The number of imide groups is 1. The molecule has 3 amide bonds. The number of hydrogen-bond donors (Lipinski definition) is 3. The second-order valence-corrected chi connectivity index (χ2v) is 6.26. The van der Waals surface area contributed by atoms with Crippen LogP contribution in [0.25, 0.3) is 0 Å². The van der Waals surface area contributed by atoms with Gasteiger partial charge in [-0.25, -0.2) is 4.79 Å². The molecule has 0 aliphatic rings. The van der Waals surface area contributed by atoms with Crippen LogP contribution in [0.5, 0.6) is 0 Å². The van der Waals surface area contributed by atoms with Crippen LogP contribution in [0.3, 0.4) is 0 Å². The smallest absolute Gasteiger partial charge is 0.319 e. The molecule has 0 radical (unpaired) electrons. The lowest BCUT2D eigenvalue weighted by atomic mass is 10.0. The fourth-order valence-corrected chi connectivity index (χ4v) is 2.79. The predicted octanol–water partition coefficient (Wildman–Crippen LogP) is 1.40. The maximum Gasteiger partial charge on any atom is 0.319 e. The van der Waals surface area contributed by atoms with Crippen molar-refractivity contribution in [2.45, 2.75) is 12.6 Å². The van der Waals surface area contributed by atoms with Crippen molar-refractivity contribution < 1.29 is 14.5 Å². The van der Waals surface area contributed by atoms with Gasteiger partial charge < -0.3 is 10.6 Å². The predicted molar refractivity (Wildman–Crippen MR) is 91.6 cm³/mol. The number of hydrogen-bond acceptors (Lipinski definition) is 2. The highest BCUT2D eigenvalue weighted by Crippen LogP contribution is 2.12. The molecule has 6 heteroatoms. The summed E-state index contributed by atoms with van der Waals surface area (Å²) in [5, 5.41) is 2.19. The third kappa shape index (κ3) is 4.91. The van der Waals surface area contributed by atoms with E-state index < -0.39 is 18.0 Å². The normalized spacial score (nSPS) is 13.1.